The van der Waals surface area contributed by atoms with Crippen LogP contribution in [0.15, 0.2) is 28.4 Å². The maximum absolute atomic E-state index is 12.6. The van der Waals surface area contributed by atoms with Gasteiger partial charge in [0.1, 0.15) is 5.75 Å². The fourth-order valence-electron chi connectivity index (χ4n) is 1.18. The highest BCUT2D eigenvalue weighted by Gasteiger charge is 2.34. The summed E-state index contributed by atoms with van der Waals surface area (Å²) in [5.74, 6) is -0.540. The molecule has 8 heteroatoms. The monoisotopic (exact) mass is 260 g/mol. The van der Waals surface area contributed by atoms with Crippen LogP contribution in [0.1, 0.15) is 11.1 Å². The SMILES string of the molecule is COc1cc(C=NN=C(N)N)ccc1C(F)(F)F. The lowest BCUT2D eigenvalue weighted by atomic mass is 10.1. The molecule has 0 saturated carbocycles. The van der Waals surface area contributed by atoms with E-state index in [1.54, 1.807) is 0 Å². The van der Waals surface area contributed by atoms with Crippen molar-refractivity contribution in [2.45, 2.75) is 6.18 Å². The second kappa shape index (κ2) is 5.39. The molecule has 0 aliphatic heterocycles. The first-order chi connectivity index (χ1) is 8.34. The van der Waals surface area contributed by atoms with Gasteiger partial charge in [-0.3, -0.25) is 0 Å². The summed E-state index contributed by atoms with van der Waals surface area (Å²) in [5, 5.41) is 6.81. The van der Waals surface area contributed by atoms with Crippen LogP contribution in [-0.4, -0.2) is 19.3 Å². The second-order valence-electron chi connectivity index (χ2n) is 3.23. The minimum Gasteiger partial charge on any atom is -0.496 e. The molecule has 0 fully saturated rings. The fraction of sp³-hybridized carbons (Fsp3) is 0.200. The first-order valence-corrected chi connectivity index (χ1v) is 4.72. The van der Waals surface area contributed by atoms with Gasteiger partial charge in [-0.25, -0.2) is 0 Å². The molecule has 0 saturated heterocycles. The standard InChI is InChI=1S/C10H11F3N4O/c1-18-8-4-6(5-16-17-9(14)15)2-3-7(8)10(11,12)13/h2-5H,1H3,(H4,14,15,17). The third kappa shape index (κ3) is 3.65. The van der Waals surface area contributed by atoms with Crippen molar-refractivity contribution in [3.8, 4) is 5.75 Å². The van der Waals surface area contributed by atoms with Gasteiger partial charge >= 0.3 is 6.18 Å². The molecule has 18 heavy (non-hydrogen) atoms. The van der Waals surface area contributed by atoms with Gasteiger partial charge in [0.25, 0.3) is 0 Å². The van der Waals surface area contributed by atoms with Crippen LogP contribution in [0.5, 0.6) is 5.75 Å². The summed E-state index contributed by atoms with van der Waals surface area (Å²) in [6.45, 7) is 0. The Bertz CT molecular complexity index is 479. The average Bonchev–Trinajstić information content (AvgIpc) is 2.26. The molecule has 0 bridgehead atoms. The Kier molecular flexibility index (Phi) is 4.13. The highest BCUT2D eigenvalue weighted by molar-refractivity contribution is 5.82. The van der Waals surface area contributed by atoms with Crippen molar-refractivity contribution >= 4 is 12.2 Å². The molecule has 0 unspecified atom stereocenters. The first kappa shape index (κ1) is 13.8. The quantitative estimate of drug-likeness (QED) is 0.488. The van der Waals surface area contributed by atoms with Crippen molar-refractivity contribution < 1.29 is 17.9 Å². The lowest BCUT2D eigenvalue weighted by Gasteiger charge is -2.11. The van der Waals surface area contributed by atoms with Crippen LogP contribution in [-0.2, 0) is 6.18 Å². The highest BCUT2D eigenvalue weighted by Crippen LogP contribution is 2.36. The lowest BCUT2D eigenvalue weighted by Crippen LogP contribution is -2.21. The molecule has 1 aromatic rings. The summed E-state index contributed by atoms with van der Waals surface area (Å²) in [6.07, 6.45) is -3.26. The van der Waals surface area contributed by atoms with Crippen LogP contribution >= 0.6 is 0 Å². The molecule has 0 aromatic heterocycles. The second-order valence-corrected chi connectivity index (χ2v) is 3.23. The number of rotatable bonds is 3. The Balaban J connectivity index is 3.07. The van der Waals surface area contributed by atoms with Crippen LogP contribution in [0.4, 0.5) is 13.2 Å². The number of methoxy groups -OCH3 is 1. The number of nitrogens with two attached hydrogens (primary N) is 2. The summed E-state index contributed by atoms with van der Waals surface area (Å²) < 4.78 is 42.3. The molecule has 4 N–H and O–H groups in total. The van der Waals surface area contributed by atoms with Crippen LogP contribution in [0.25, 0.3) is 0 Å². The Morgan fingerprint density at radius 2 is 2.00 bits per heavy atom. The summed E-state index contributed by atoms with van der Waals surface area (Å²) in [5.41, 5.74) is 9.59. The molecule has 0 radical (unpaired) electrons. The minimum atomic E-state index is -4.47. The maximum Gasteiger partial charge on any atom is 0.419 e. The summed E-state index contributed by atoms with van der Waals surface area (Å²) in [6, 6.07) is 3.32. The Morgan fingerprint density at radius 1 is 1.33 bits per heavy atom. The van der Waals surface area contributed by atoms with Gasteiger partial charge < -0.3 is 16.2 Å². The van der Waals surface area contributed by atoms with E-state index in [9.17, 15) is 13.2 Å². The van der Waals surface area contributed by atoms with Crippen molar-refractivity contribution in [3.05, 3.63) is 29.3 Å². The zero-order valence-corrected chi connectivity index (χ0v) is 9.40. The van der Waals surface area contributed by atoms with E-state index < -0.39 is 11.7 Å². The number of alkyl halides is 3. The first-order valence-electron chi connectivity index (χ1n) is 4.72. The zero-order valence-electron chi connectivity index (χ0n) is 9.40. The molecule has 0 heterocycles. The van der Waals surface area contributed by atoms with E-state index in [0.29, 0.717) is 5.56 Å². The number of benzene rings is 1. The van der Waals surface area contributed by atoms with E-state index in [1.807, 2.05) is 0 Å². The molecule has 0 amide bonds. The van der Waals surface area contributed by atoms with Crippen LogP contribution in [0.3, 0.4) is 0 Å². The van der Waals surface area contributed by atoms with E-state index in [-0.39, 0.29) is 11.7 Å². The molecular weight excluding hydrogens is 249 g/mol. The molecule has 0 spiro atoms. The smallest absolute Gasteiger partial charge is 0.419 e. The van der Waals surface area contributed by atoms with Crippen molar-refractivity contribution in [3.63, 3.8) is 0 Å². The van der Waals surface area contributed by atoms with E-state index in [0.717, 1.165) is 13.2 Å². The van der Waals surface area contributed by atoms with Gasteiger partial charge in [-0.2, -0.15) is 18.3 Å². The molecule has 98 valence electrons. The normalized spacial score (nSPS) is 11.6. The maximum atomic E-state index is 12.6. The minimum absolute atomic E-state index is 0.245. The number of ether oxygens (including phenoxy) is 1. The Hall–Kier alpha value is -2.25. The highest BCUT2D eigenvalue weighted by atomic mass is 19.4. The molecule has 0 aliphatic rings. The lowest BCUT2D eigenvalue weighted by molar-refractivity contribution is -0.138. The van der Waals surface area contributed by atoms with Gasteiger partial charge in [0.15, 0.2) is 0 Å². The van der Waals surface area contributed by atoms with Crippen LogP contribution in [0.2, 0.25) is 0 Å². The van der Waals surface area contributed by atoms with Crippen LogP contribution < -0.4 is 16.2 Å². The van der Waals surface area contributed by atoms with Crippen molar-refractivity contribution in [2.75, 3.05) is 7.11 Å². The number of nitrogens with zero attached hydrogens (tertiary/aromatic N) is 2. The summed E-state index contributed by atoms with van der Waals surface area (Å²) >= 11 is 0. The third-order valence-electron chi connectivity index (χ3n) is 1.91. The van der Waals surface area contributed by atoms with Crippen molar-refractivity contribution in [1.82, 2.24) is 0 Å². The van der Waals surface area contributed by atoms with Gasteiger partial charge in [-0.1, -0.05) is 6.07 Å². The van der Waals surface area contributed by atoms with Gasteiger partial charge in [0, 0.05) is 0 Å². The molecule has 1 aromatic carbocycles. The number of guanidine groups is 1. The molecule has 1 rings (SSSR count). The molecule has 0 atom stereocenters. The Labute approximate surface area is 101 Å². The summed E-state index contributed by atoms with van der Waals surface area (Å²) in [7, 11) is 1.15. The predicted octanol–water partition coefficient (Wildman–Crippen LogP) is 1.32. The van der Waals surface area contributed by atoms with E-state index in [2.05, 4.69) is 14.9 Å². The van der Waals surface area contributed by atoms with E-state index >= 15 is 0 Å². The predicted molar refractivity (Wildman–Crippen MR) is 61.4 cm³/mol. The van der Waals surface area contributed by atoms with Gasteiger partial charge in [-0.15, -0.1) is 5.10 Å². The molecule has 0 aliphatic carbocycles. The number of hydrogen-bond acceptors (Lipinski definition) is 3. The molecule has 5 nitrogen and oxygen atoms in total. The Morgan fingerprint density at radius 3 is 2.50 bits per heavy atom. The van der Waals surface area contributed by atoms with Gasteiger partial charge in [0.2, 0.25) is 5.96 Å². The average molecular weight is 260 g/mol. The number of hydrogen-bond donors (Lipinski definition) is 2. The van der Waals surface area contributed by atoms with E-state index in [1.165, 1.54) is 18.3 Å². The number of halogens is 3. The van der Waals surface area contributed by atoms with Crippen molar-refractivity contribution in [2.24, 2.45) is 21.7 Å². The van der Waals surface area contributed by atoms with Gasteiger partial charge in [0.05, 0.1) is 18.9 Å². The molecular formula is C10H11F3N4O. The largest absolute Gasteiger partial charge is 0.496 e. The van der Waals surface area contributed by atoms with E-state index in [4.69, 9.17) is 11.5 Å². The summed E-state index contributed by atoms with van der Waals surface area (Å²) in [4.78, 5) is 0. The van der Waals surface area contributed by atoms with Crippen molar-refractivity contribution in [1.29, 1.82) is 0 Å². The topological polar surface area (TPSA) is 86.0 Å². The fourth-order valence-corrected chi connectivity index (χ4v) is 1.18. The van der Waals surface area contributed by atoms with Gasteiger partial charge in [-0.05, 0) is 17.7 Å². The van der Waals surface area contributed by atoms with Crippen LogP contribution in [0, 0.1) is 0 Å². The zero-order chi connectivity index (χ0) is 13.8. The third-order valence-corrected chi connectivity index (χ3v) is 1.91.